The molecule has 0 aliphatic carbocycles. The largest absolute Gasteiger partial charge is 0.433 e. The predicted octanol–water partition coefficient (Wildman–Crippen LogP) is 4.90. The molecule has 0 spiro atoms. The number of benzene rings is 2. The van der Waals surface area contributed by atoms with Crippen LogP contribution in [0.5, 0.6) is 0 Å². The van der Waals surface area contributed by atoms with E-state index in [1.54, 1.807) is 31.3 Å². The summed E-state index contributed by atoms with van der Waals surface area (Å²) in [5.74, 6) is -0.193. The molecule has 0 saturated carbocycles. The van der Waals surface area contributed by atoms with Gasteiger partial charge in [-0.2, -0.15) is 18.4 Å². The lowest BCUT2D eigenvalue weighted by atomic mass is 10.0. The molecule has 0 radical (unpaired) electrons. The zero-order chi connectivity index (χ0) is 23.8. The first-order valence-electron chi connectivity index (χ1n) is 10.4. The minimum Gasteiger partial charge on any atom is -0.357 e. The van der Waals surface area contributed by atoms with Crippen LogP contribution in [0, 0.1) is 11.3 Å². The molecule has 2 aromatic carbocycles. The highest BCUT2D eigenvalue weighted by molar-refractivity contribution is 5.86. The van der Waals surface area contributed by atoms with E-state index in [0.717, 1.165) is 17.3 Å². The highest BCUT2D eigenvalue weighted by atomic mass is 19.4. The number of aromatic nitrogens is 1. The van der Waals surface area contributed by atoms with E-state index in [2.05, 4.69) is 16.4 Å². The van der Waals surface area contributed by atoms with Crippen LogP contribution in [0.2, 0.25) is 0 Å². The molecule has 0 saturated heterocycles. The standard InChI is InChI=1S/C25H23F3N4O/c1-30-24(33)23(20-7-3-2-4-8-20)32(21-12-9-18(16-29)10-13-21)15-5-6-19-11-14-22(31-17-19)25(26,27)28/h2-4,7-14,17,23H,5-6,15H2,1H3,(H,30,33)/t23-/m0/s1. The highest BCUT2D eigenvalue weighted by Crippen LogP contribution is 2.29. The number of nitriles is 1. The lowest BCUT2D eigenvalue weighted by Crippen LogP contribution is -2.40. The molecule has 0 aliphatic heterocycles. The van der Waals surface area contributed by atoms with Crippen molar-refractivity contribution in [1.82, 2.24) is 10.3 Å². The van der Waals surface area contributed by atoms with Gasteiger partial charge in [0.2, 0.25) is 5.91 Å². The van der Waals surface area contributed by atoms with Gasteiger partial charge < -0.3 is 10.2 Å². The van der Waals surface area contributed by atoms with Crippen LogP contribution in [0.25, 0.3) is 0 Å². The molecule has 170 valence electrons. The van der Waals surface area contributed by atoms with Crippen molar-refractivity contribution in [2.45, 2.75) is 25.1 Å². The molecule has 0 fully saturated rings. The molecular weight excluding hydrogens is 429 g/mol. The van der Waals surface area contributed by atoms with Crippen molar-refractivity contribution in [2.24, 2.45) is 0 Å². The minimum absolute atomic E-state index is 0.193. The van der Waals surface area contributed by atoms with E-state index in [1.165, 1.54) is 12.3 Å². The number of rotatable bonds is 8. The molecule has 0 unspecified atom stereocenters. The van der Waals surface area contributed by atoms with Crippen molar-refractivity contribution >= 4 is 11.6 Å². The number of alkyl halides is 3. The zero-order valence-electron chi connectivity index (χ0n) is 18.0. The fourth-order valence-corrected chi connectivity index (χ4v) is 3.57. The SMILES string of the molecule is CNC(=O)[C@H](c1ccccc1)N(CCCc1ccc(C(F)(F)F)nc1)c1ccc(C#N)cc1. The van der Waals surface area contributed by atoms with Gasteiger partial charge in [-0.05, 0) is 54.3 Å². The summed E-state index contributed by atoms with van der Waals surface area (Å²) in [5, 5.41) is 11.8. The van der Waals surface area contributed by atoms with Gasteiger partial charge in [-0.1, -0.05) is 36.4 Å². The second kappa shape index (κ2) is 10.6. The number of nitrogens with zero attached hydrogens (tertiary/aromatic N) is 3. The summed E-state index contributed by atoms with van der Waals surface area (Å²) in [5.41, 5.74) is 1.83. The first kappa shape index (κ1) is 23.8. The van der Waals surface area contributed by atoms with Crippen molar-refractivity contribution < 1.29 is 18.0 Å². The number of likely N-dealkylation sites (N-methyl/N-ethyl adjacent to an activating group) is 1. The number of hydrogen-bond donors (Lipinski definition) is 1. The average Bonchev–Trinajstić information content (AvgIpc) is 2.83. The Bertz CT molecular complexity index is 1090. The molecule has 3 rings (SSSR count). The second-order valence-electron chi connectivity index (χ2n) is 7.43. The highest BCUT2D eigenvalue weighted by Gasteiger charge is 2.32. The summed E-state index contributed by atoms with van der Waals surface area (Å²) in [6, 6.07) is 20.2. The van der Waals surface area contributed by atoms with E-state index < -0.39 is 17.9 Å². The molecule has 1 heterocycles. The van der Waals surface area contributed by atoms with Crippen molar-refractivity contribution in [3.05, 3.63) is 95.3 Å². The number of pyridine rings is 1. The van der Waals surface area contributed by atoms with Crippen LogP contribution in [0.1, 0.15) is 34.8 Å². The van der Waals surface area contributed by atoms with Gasteiger partial charge in [0.1, 0.15) is 11.7 Å². The third-order valence-corrected chi connectivity index (χ3v) is 5.23. The van der Waals surface area contributed by atoms with E-state index in [9.17, 15) is 18.0 Å². The van der Waals surface area contributed by atoms with Gasteiger partial charge in [0.15, 0.2) is 0 Å². The van der Waals surface area contributed by atoms with Gasteiger partial charge in [-0.3, -0.25) is 9.78 Å². The van der Waals surface area contributed by atoms with E-state index in [4.69, 9.17) is 5.26 Å². The number of carbonyl (C=O) groups excluding carboxylic acids is 1. The van der Waals surface area contributed by atoms with E-state index in [1.807, 2.05) is 35.2 Å². The van der Waals surface area contributed by atoms with E-state index in [-0.39, 0.29) is 5.91 Å². The Hall–Kier alpha value is -3.86. The van der Waals surface area contributed by atoms with Gasteiger partial charge in [0.05, 0.1) is 11.6 Å². The normalized spacial score (nSPS) is 12.0. The molecule has 1 N–H and O–H groups in total. The maximum atomic E-state index is 12.9. The van der Waals surface area contributed by atoms with Gasteiger partial charge >= 0.3 is 6.18 Å². The van der Waals surface area contributed by atoms with Crippen LogP contribution < -0.4 is 10.2 Å². The summed E-state index contributed by atoms with van der Waals surface area (Å²) in [6.45, 7) is 0.458. The number of nitrogens with one attached hydrogen (secondary N) is 1. The fraction of sp³-hybridized carbons (Fsp3) is 0.240. The van der Waals surface area contributed by atoms with Crippen molar-refractivity contribution in [1.29, 1.82) is 5.26 Å². The van der Waals surface area contributed by atoms with Gasteiger partial charge in [0, 0.05) is 25.5 Å². The van der Waals surface area contributed by atoms with Crippen molar-refractivity contribution in [2.75, 3.05) is 18.5 Å². The van der Waals surface area contributed by atoms with E-state index >= 15 is 0 Å². The summed E-state index contributed by atoms with van der Waals surface area (Å²) < 4.78 is 38.3. The maximum absolute atomic E-state index is 12.9. The summed E-state index contributed by atoms with van der Waals surface area (Å²) >= 11 is 0. The molecule has 1 amide bonds. The molecule has 0 aliphatic rings. The number of amides is 1. The molecule has 8 heteroatoms. The number of anilines is 1. The molecule has 3 aromatic rings. The summed E-state index contributed by atoms with van der Waals surface area (Å²) in [6.07, 6.45) is -2.16. The molecule has 1 aromatic heterocycles. The Kier molecular flexibility index (Phi) is 7.67. The molecular formula is C25H23F3N4O. The van der Waals surface area contributed by atoms with Crippen LogP contribution in [0.3, 0.4) is 0 Å². The quantitative estimate of drug-likeness (QED) is 0.528. The van der Waals surface area contributed by atoms with Crippen molar-refractivity contribution in [3.8, 4) is 6.07 Å². The lowest BCUT2D eigenvalue weighted by molar-refractivity contribution is -0.141. The van der Waals surface area contributed by atoms with Gasteiger partial charge in [-0.15, -0.1) is 0 Å². The smallest absolute Gasteiger partial charge is 0.357 e. The third kappa shape index (κ3) is 6.10. The van der Waals surface area contributed by atoms with Crippen LogP contribution in [0.4, 0.5) is 18.9 Å². The summed E-state index contributed by atoms with van der Waals surface area (Å²) in [7, 11) is 1.57. The van der Waals surface area contributed by atoms with Crippen LogP contribution >= 0.6 is 0 Å². The Morgan fingerprint density at radius 2 is 1.79 bits per heavy atom. The van der Waals surface area contributed by atoms with Crippen LogP contribution in [0.15, 0.2) is 72.9 Å². The second-order valence-corrected chi connectivity index (χ2v) is 7.43. The first-order chi connectivity index (χ1) is 15.8. The zero-order valence-corrected chi connectivity index (χ0v) is 18.0. The Balaban J connectivity index is 1.85. The fourth-order valence-electron chi connectivity index (χ4n) is 3.57. The van der Waals surface area contributed by atoms with E-state index in [0.29, 0.717) is 30.5 Å². The number of aryl methyl sites for hydroxylation is 1. The van der Waals surface area contributed by atoms with Crippen LogP contribution in [-0.4, -0.2) is 24.5 Å². The monoisotopic (exact) mass is 452 g/mol. The summed E-state index contributed by atoms with van der Waals surface area (Å²) in [4.78, 5) is 18.3. The number of hydrogen-bond acceptors (Lipinski definition) is 4. The number of carbonyl (C=O) groups is 1. The maximum Gasteiger partial charge on any atom is 0.433 e. The van der Waals surface area contributed by atoms with Crippen LogP contribution in [-0.2, 0) is 17.4 Å². The predicted molar refractivity (Wildman–Crippen MR) is 119 cm³/mol. The minimum atomic E-state index is -4.47. The van der Waals surface area contributed by atoms with Gasteiger partial charge in [-0.25, -0.2) is 0 Å². The molecule has 1 atom stereocenters. The number of halogens is 3. The topological polar surface area (TPSA) is 69.0 Å². The molecule has 5 nitrogen and oxygen atoms in total. The Labute approximate surface area is 190 Å². The van der Waals surface area contributed by atoms with Crippen molar-refractivity contribution in [3.63, 3.8) is 0 Å². The Morgan fingerprint density at radius 3 is 2.33 bits per heavy atom. The first-order valence-corrected chi connectivity index (χ1v) is 10.4. The average molecular weight is 452 g/mol. The molecule has 33 heavy (non-hydrogen) atoms. The Morgan fingerprint density at radius 1 is 1.09 bits per heavy atom. The molecule has 0 bridgehead atoms. The third-order valence-electron chi connectivity index (χ3n) is 5.23. The van der Waals surface area contributed by atoms with Gasteiger partial charge in [0.25, 0.3) is 0 Å². The lowest BCUT2D eigenvalue weighted by Gasteiger charge is -2.33.